The van der Waals surface area contributed by atoms with Gasteiger partial charge in [0.15, 0.2) is 0 Å². The van der Waals surface area contributed by atoms with E-state index in [2.05, 4.69) is 20.4 Å². The van der Waals surface area contributed by atoms with E-state index in [1.165, 1.54) is 4.68 Å². The van der Waals surface area contributed by atoms with Gasteiger partial charge in [-0.1, -0.05) is 18.2 Å². The summed E-state index contributed by atoms with van der Waals surface area (Å²) >= 11 is 0. The molecule has 3 aromatic rings. The quantitative estimate of drug-likeness (QED) is 0.747. The van der Waals surface area contributed by atoms with Crippen molar-refractivity contribution in [1.82, 2.24) is 30.0 Å². The van der Waals surface area contributed by atoms with Crippen LogP contribution in [0, 0.1) is 0 Å². The first-order chi connectivity index (χ1) is 13.7. The molecule has 1 aromatic carbocycles. The lowest BCUT2D eigenvalue weighted by Crippen LogP contribution is -2.46. The van der Waals surface area contributed by atoms with Gasteiger partial charge in [0.1, 0.15) is 6.33 Å². The van der Waals surface area contributed by atoms with Crippen LogP contribution in [0.25, 0.3) is 10.8 Å². The van der Waals surface area contributed by atoms with Crippen LogP contribution >= 0.6 is 0 Å². The van der Waals surface area contributed by atoms with E-state index in [9.17, 15) is 9.59 Å². The molecule has 8 nitrogen and oxygen atoms in total. The van der Waals surface area contributed by atoms with E-state index in [1.54, 1.807) is 24.8 Å². The highest BCUT2D eigenvalue weighted by atomic mass is 16.2. The minimum atomic E-state index is -0.144. The molecule has 1 aliphatic heterocycles. The van der Waals surface area contributed by atoms with Crippen LogP contribution in [0.4, 0.5) is 4.79 Å². The number of nitrogens with one attached hydrogen (secondary N) is 1. The summed E-state index contributed by atoms with van der Waals surface area (Å²) in [5.41, 5.74) is 0.827. The Morgan fingerprint density at radius 3 is 3.00 bits per heavy atom. The molecule has 0 unspecified atom stereocenters. The van der Waals surface area contributed by atoms with Gasteiger partial charge in [0.2, 0.25) is 0 Å². The number of amides is 2. The lowest BCUT2D eigenvalue weighted by Gasteiger charge is -2.32. The first-order valence-corrected chi connectivity index (χ1v) is 9.46. The van der Waals surface area contributed by atoms with Crippen LogP contribution < -0.4 is 10.9 Å². The Labute approximate surface area is 162 Å². The highest BCUT2D eigenvalue weighted by molar-refractivity contribution is 5.80. The first-order valence-electron chi connectivity index (χ1n) is 9.46. The molecule has 1 saturated heterocycles. The third-order valence-corrected chi connectivity index (χ3v) is 5.09. The summed E-state index contributed by atoms with van der Waals surface area (Å²) in [6, 6.07) is 9.15. The zero-order valence-corrected chi connectivity index (χ0v) is 15.5. The Hall–Kier alpha value is -3.29. The molecular weight excluding hydrogens is 356 g/mol. The van der Waals surface area contributed by atoms with E-state index in [4.69, 9.17) is 0 Å². The number of benzene rings is 1. The highest BCUT2D eigenvalue weighted by Gasteiger charge is 2.25. The minimum absolute atomic E-state index is 0.118. The number of rotatable bonds is 4. The van der Waals surface area contributed by atoms with Crippen LogP contribution in [0.15, 0.2) is 53.8 Å². The largest absolute Gasteiger partial charge is 0.336 e. The second-order valence-electron chi connectivity index (χ2n) is 6.91. The molecule has 0 saturated carbocycles. The fourth-order valence-corrected chi connectivity index (χ4v) is 3.61. The number of hydrogen-bond acceptors (Lipinski definition) is 5. The van der Waals surface area contributed by atoms with Gasteiger partial charge in [0, 0.05) is 42.8 Å². The summed E-state index contributed by atoms with van der Waals surface area (Å²) < 4.78 is 1.39. The normalized spacial score (nSPS) is 16.9. The van der Waals surface area contributed by atoms with Gasteiger partial charge in [-0.15, -0.1) is 0 Å². The van der Waals surface area contributed by atoms with Crippen molar-refractivity contribution in [2.45, 2.75) is 25.3 Å². The van der Waals surface area contributed by atoms with E-state index >= 15 is 0 Å². The molecule has 4 rings (SSSR count). The molecule has 0 spiro atoms. The average molecular weight is 378 g/mol. The van der Waals surface area contributed by atoms with Crippen molar-refractivity contribution >= 4 is 16.8 Å². The van der Waals surface area contributed by atoms with E-state index in [1.807, 2.05) is 29.2 Å². The van der Waals surface area contributed by atoms with Crippen molar-refractivity contribution in [2.75, 3.05) is 19.6 Å². The maximum Gasteiger partial charge on any atom is 0.317 e. The van der Waals surface area contributed by atoms with Crippen LogP contribution in [-0.2, 0) is 6.54 Å². The fraction of sp³-hybridized carbons (Fsp3) is 0.350. The molecular formula is C20H22N6O2. The van der Waals surface area contributed by atoms with Crippen molar-refractivity contribution in [3.8, 4) is 0 Å². The summed E-state index contributed by atoms with van der Waals surface area (Å²) in [7, 11) is 0. The molecule has 1 atom stereocenters. The molecule has 0 bridgehead atoms. The third-order valence-electron chi connectivity index (χ3n) is 5.09. The molecule has 28 heavy (non-hydrogen) atoms. The number of piperidine rings is 1. The van der Waals surface area contributed by atoms with E-state index in [0.29, 0.717) is 25.0 Å². The summed E-state index contributed by atoms with van der Waals surface area (Å²) in [5, 5.41) is 8.54. The Balaban J connectivity index is 1.34. The van der Waals surface area contributed by atoms with Crippen molar-refractivity contribution in [3.63, 3.8) is 0 Å². The molecule has 1 fully saturated rings. The van der Waals surface area contributed by atoms with Crippen LogP contribution in [0.1, 0.15) is 24.5 Å². The standard InChI is InChI=1S/C20H22N6O2/c27-19-17-6-2-1-4-15(17)12-24-26(19)11-9-22-20(28)25-10-3-5-16(13-25)18-7-8-21-14-23-18/h1-2,4,6-8,12,14,16H,3,5,9-11,13H2,(H,22,28)/t16-/m0/s1. The number of nitrogens with zero attached hydrogens (tertiary/aromatic N) is 5. The van der Waals surface area contributed by atoms with Gasteiger partial charge in [-0.05, 0) is 25.0 Å². The number of carbonyl (C=O) groups excluding carboxylic acids is 1. The van der Waals surface area contributed by atoms with Crippen LogP contribution in [-0.4, -0.2) is 50.3 Å². The molecule has 2 aromatic heterocycles. The van der Waals surface area contributed by atoms with Gasteiger partial charge >= 0.3 is 6.03 Å². The fourth-order valence-electron chi connectivity index (χ4n) is 3.61. The summed E-state index contributed by atoms with van der Waals surface area (Å²) in [6.45, 7) is 2.04. The number of carbonyl (C=O) groups is 1. The molecule has 144 valence electrons. The van der Waals surface area contributed by atoms with Crippen molar-refractivity contribution in [1.29, 1.82) is 0 Å². The Morgan fingerprint density at radius 1 is 1.25 bits per heavy atom. The molecule has 3 heterocycles. The second kappa shape index (κ2) is 8.16. The Kier molecular flexibility index (Phi) is 5.27. The highest BCUT2D eigenvalue weighted by Crippen LogP contribution is 2.24. The predicted molar refractivity (Wildman–Crippen MR) is 105 cm³/mol. The SMILES string of the molecule is O=C(NCCn1ncc2ccccc2c1=O)N1CCC[C@H](c2ccncn2)C1. The molecule has 1 N–H and O–H groups in total. The minimum Gasteiger partial charge on any atom is -0.336 e. The Morgan fingerprint density at radius 2 is 2.14 bits per heavy atom. The zero-order valence-electron chi connectivity index (χ0n) is 15.5. The van der Waals surface area contributed by atoms with Crippen LogP contribution in [0.2, 0.25) is 0 Å². The van der Waals surface area contributed by atoms with E-state index in [-0.39, 0.29) is 17.5 Å². The number of aromatic nitrogens is 4. The molecule has 0 radical (unpaired) electrons. The maximum absolute atomic E-state index is 12.5. The lowest BCUT2D eigenvalue weighted by molar-refractivity contribution is 0.178. The summed E-state index contributed by atoms with van der Waals surface area (Å²) in [4.78, 5) is 35.1. The number of fused-ring (bicyclic) bond motifs is 1. The molecule has 2 amide bonds. The lowest BCUT2D eigenvalue weighted by atomic mass is 9.95. The first kappa shape index (κ1) is 18.1. The van der Waals surface area contributed by atoms with E-state index in [0.717, 1.165) is 30.5 Å². The van der Waals surface area contributed by atoms with Crippen molar-refractivity contribution in [2.24, 2.45) is 0 Å². The predicted octanol–water partition coefficient (Wildman–Crippen LogP) is 1.78. The molecule has 8 heteroatoms. The molecule has 0 aliphatic carbocycles. The number of urea groups is 1. The van der Waals surface area contributed by atoms with Gasteiger partial charge in [0.25, 0.3) is 5.56 Å². The van der Waals surface area contributed by atoms with Crippen LogP contribution in [0.5, 0.6) is 0 Å². The second-order valence-corrected chi connectivity index (χ2v) is 6.91. The number of hydrogen-bond donors (Lipinski definition) is 1. The molecule has 1 aliphatic rings. The maximum atomic E-state index is 12.5. The third kappa shape index (κ3) is 3.85. The summed E-state index contributed by atoms with van der Waals surface area (Å²) in [5.74, 6) is 0.229. The van der Waals surface area contributed by atoms with Crippen molar-refractivity contribution in [3.05, 3.63) is 65.1 Å². The topological polar surface area (TPSA) is 93.0 Å². The summed E-state index contributed by atoms with van der Waals surface area (Å²) in [6.07, 6.45) is 6.90. The van der Waals surface area contributed by atoms with E-state index < -0.39 is 0 Å². The van der Waals surface area contributed by atoms with Gasteiger partial charge in [-0.25, -0.2) is 19.4 Å². The zero-order chi connectivity index (χ0) is 19.3. The average Bonchev–Trinajstić information content (AvgIpc) is 2.76. The van der Waals surface area contributed by atoms with Gasteiger partial charge < -0.3 is 10.2 Å². The Bertz CT molecular complexity index is 1020. The van der Waals surface area contributed by atoms with Gasteiger partial charge in [0.05, 0.1) is 18.1 Å². The number of likely N-dealkylation sites (tertiary alicyclic amines) is 1. The van der Waals surface area contributed by atoms with Crippen molar-refractivity contribution < 1.29 is 4.79 Å². The van der Waals surface area contributed by atoms with Gasteiger partial charge in [-0.2, -0.15) is 5.10 Å². The van der Waals surface area contributed by atoms with Crippen LogP contribution in [0.3, 0.4) is 0 Å². The smallest absolute Gasteiger partial charge is 0.317 e. The monoisotopic (exact) mass is 378 g/mol. The van der Waals surface area contributed by atoms with Gasteiger partial charge in [-0.3, -0.25) is 4.79 Å².